The van der Waals surface area contributed by atoms with Crippen molar-refractivity contribution >= 4 is 6.08 Å². The monoisotopic (exact) mass is 156 g/mol. The first-order valence-corrected chi connectivity index (χ1v) is 3.99. The molecule has 0 saturated carbocycles. The topological polar surface area (TPSA) is 0 Å². The zero-order valence-electron chi connectivity index (χ0n) is 7.25. The summed E-state index contributed by atoms with van der Waals surface area (Å²) in [6, 6.07) is 8.33. The lowest BCUT2D eigenvalue weighted by molar-refractivity contribution is 1.44. The summed E-state index contributed by atoms with van der Waals surface area (Å²) in [6.45, 7) is 2.08. The van der Waals surface area contributed by atoms with Crippen molar-refractivity contribution in [1.82, 2.24) is 0 Å². The highest BCUT2D eigenvalue weighted by Crippen LogP contribution is 2.05. The third kappa shape index (κ3) is 2.64. The first-order chi connectivity index (χ1) is 5.83. The Morgan fingerprint density at radius 3 is 3.00 bits per heavy atom. The van der Waals surface area contributed by atoms with Gasteiger partial charge in [-0.3, -0.25) is 0 Å². The largest absolute Gasteiger partial charge is 0.120 e. The van der Waals surface area contributed by atoms with Crippen molar-refractivity contribution in [2.24, 2.45) is 0 Å². The van der Waals surface area contributed by atoms with Crippen LogP contribution in [0.15, 0.2) is 30.3 Å². The van der Waals surface area contributed by atoms with E-state index in [2.05, 4.69) is 31.0 Å². The Bertz CT molecular complexity index is 313. The van der Waals surface area contributed by atoms with Crippen LogP contribution in [0.1, 0.15) is 17.5 Å². The molecular weight excluding hydrogens is 144 g/mol. The molecule has 0 heteroatoms. The van der Waals surface area contributed by atoms with Crippen LogP contribution in [-0.2, 0) is 0 Å². The Morgan fingerprint density at radius 1 is 1.50 bits per heavy atom. The maximum Gasteiger partial charge on any atom is 0.0270 e. The van der Waals surface area contributed by atoms with Crippen molar-refractivity contribution in [2.75, 3.05) is 0 Å². The fourth-order valence-electron chi connectivity index (χ4n) is 1.04. The lowest BCUT2D eigenvalue weighted by Gasteiger charge is -1.93. The molecule has 0 aromatic heterocycles. The predicted molar refractivity (Wildman–Crippen MR) is 53.7 cm³/mol. The molecule has 0 saturated heterocycles. The summed E-state index contributed by atoms with van der Waals surface area (Å²) in [5.74, 6) is 2.57. The highest BCUT2D eigenvalue weighted by molar-refractivity contribution is 5.50. The highest BCUT2D eigenvalue weighted by Gasteiger charge is 1.85. The first-order valence-electron chi connectivity index (χ1n) is 3.99. The van der Waals surface area contributed by atoms with Gasteiger partial charge in [-0.05, 0) is 12.5 Å². The molecule has 1 aromatic carbocycles. The van der Waals surface area contributed by atoms with E-state index >= 15 is 0 Å². The number of terminal acetylenes is 1. The van der Waals surface area contributed by atoms with E-state index in [9.17, 15) is 0 Å². The standard InChI is InChI=1S/C12H12/c1-3-4-5-8-12-9-6-7-11(2)10-12/h1,5-10H,4H2,2H3. The van der Waals surface area contributed by atoms with E-state index in [4.69, 9.17) is 6.42 Å². The summed E-state index contributed by atoms with van der Waals surface area (Å²) >= 11 is 0. The molecule has 12 heavy (non-hydrogen) atoms. The van der Waals surface area contributed by atoms with Crippen molar-refractivity contribution in [2.45, 2.75) is 13.3 Å². The number of rotatable bonds is 2. The fraction of sp³-hybridized carbons (Fsp3) is 0.167. The van der Waals surface area contributed by atoms with Crippen LogP contribution in [0.5, 0.6) is 0 Å². The van der Waals surface area contributed by atoms with Gasteiger partial charge >= 0.3 is 0 Å². The van der Waals surface area contributed by atoms with Gasteiger partial charge in [0.1, 0.15) is 0 Å². The molecule has 0 spiro atoms. The van der Waals surface area contributed by atoms with E-state index < -0.39 is 0 Å². The summed E-state index contributed by atoms with van der Waals surface area (Å²) < 4.78 is 0. The predicted octanol–water partition coefficient (Wildman–Crippen LogP) is 3.03. The minimum Gasteiger partial charge on any atom is -0.120 e. The van der Waals surface area contributed by atoms with E-state index in [1.807, 2.05) is 18.2 Å². The third-order valence-electron chi connectivity index (χ3n) is 1.59. The van der Waals surface area contributed by atoms with Crippen LogP contribution in [0, 0.1) is 19.3 Å². The quantitative estimate of drug-likeness (QED) is 0.577. The van der Waals surface area contributed by atoms with Crippen molar-refractivity contribution in [1.29, 1.82) is 0 Å². The van der Waals surface area contributed by atoms with Crippen molar-refractivity contribution in [3.63, 3.8) is 0 Å². The maximum atomic E-state index is 5.12. The average molecular weight is 156 g/mol. The minimum absolute atomic E-state index is 0.702. The van der Waals surface area contributed by atoms with Gasteiger partial charge in [0.15, 0.2) is 0 Å². The molecule has 0 aliphatic heterocycles. The van der Waals surface area contributed by atoms with Crippen LogP contribution >= 0.6 is 0 Å². The number of hydrogen-bond donors (Lipinski definition) is 0. The Hall–Kier alpha value is -1.48. The molecule has 0 aliphatic carbocycles. The molecule has 0 heterocycles. The number of hydrogen-bond acceptors (Lipinski definition) is 0. The molecule has 0 radical (unpaired) electrons. The van der Waals surface area contributed by atoms with Crippen LogP contribution < -0.4 is 0 Å². The smallest absolute Gasteiger partial charge is 0.0270 e. The number of allylic oxidation sites excluding steroid dienone is 1. The molecular formula is C12H12. The zero-order valence-corrected chi connectivity index (χ0v) is 7.25. The maximum absolute atomic E-state index is 5.12. The van der Waals surface area contributed by atoms with Gasteiger partial charge in [0.05, 0.1) is 0 Å². The molecule has 0 amide bonds. The Morgan fingerprint density at radius 2 is 2.33 bits per heavy atom. The Kier molecular flexibility index (Phi) is 3.17. The van der Waals surface area contributed by atoms with Crippen molar-refractivity contribution < 1.29 is 0 Å². The fourth-order valence-corrected chi connectivity index (χ4v) is 1.04. The summed E-state index contributed by atoms with van der Waals surface area (Å²) in [5, 5.41) is 0. The second kappa shape index (κ2) is 4.41. The highest BCUT2D eigenvalue weighted by atomic mass is 13.9. The van der Waals surface area contributed by atoms with E-state index in [0.29, 0.717) is 6.42 Å². The second-order valence-corrected chi connectivity index (χ2v) is 2.72. The summed E-state index contributed by atoms with van der Waals surface area (Å²) in [6.07, 6.45) is 9.87. The SMILES string of the molecule is C#CCC=Cc1cccc(C)c1. The average Bonchev–Trinajstić information content (AvgIpc) is 2.05. The van der Waals surface area contributed by atoms with Gasteiger partial charge in [0.2, 0.25) is 0 Å². The van der Waals surface area contributed by atoms with Crippen molar-refractivity contribution in [3.05, 3.63) is 41.5 Å². The molecule has 60 valence electrons. The van der Waals surface area contributed by atoms with Gasteiger partial charge in [-0.1, -0.05) is 42.0 Å². The Balaban J connectivity index is 2.71. The van der Waals surface area contributed by atoms with Crippen molar-refractivity contribution in [3.8, 4) is 12.3 Å². The molecule has 0 fully saturated rings. The van der Waals surface area contributed by atoms with Gasteiger partial charge in [0.25, 0.3) is 0 Å². The number of aryl methyl sites for hydroxylation is 1. The Labute approximate surface area is 73.9 Å². The van der Waals surface area contributed by atoms with E-state index in [-0.39, 0.29) is 0 Å². The van der Waals surface area contributed by atoms with Crippen LogP contribution in [-0.4, -0.2) is 0 Å². The van der Waals surface area contributed by atoms with E-state index in [1.165, 1.54) is 11.1 Å². The summed E-state index contributed by atoms with van der Waals surface area (Å²) in [4.78, 5) is 0. The molecule has 1 rings (SSSR count). The first kappa shape index (κ1) is 8.62. The van der Waals surface area contributed by atoms with Crippen LogP contribution in [0.4, 0.5) is 0 Å². The van der Waals surface area contributed by atoms with Crippen LogP contribution in [0.2, 0.25) is 0 Å². The van der Waals surface area contributed by atoms with Gasteiger partial charge in [0, 0.05) is 6.42 Å². The van der Waals surface area contributed by atoms with E-state index in [1.54, 1.807) is 0 Å². The molecule has 0 aliphatic rings. The van der Waals surface area contributed by atoms with Gasteiger partial charge in [-0.15, -0.1) is 12.3 Å². The minimum atomic E-state index is 0.702. The van der Waals surface area contributed by atoms with Gasteiger partial charge in [-0.25, -0.2) is 0 Å². The third-order valence-corrected chi connectivity index (χ3v) is 1.59. The van der Waals surface area contributed by atoms with Crippen LogP contribution in [0.3, 0.4) is 0 Å². The second-order valence-electron chi connectivity index (χ2n) is 2.72. The summed E-state index contributed by atoms with van der Waals surface area (Å²) in [5.41, 5.74) is 2.49. The lowest BCUT2D eigenvalue weighted by Crippen LogP contribution is -1.73. The molecule has 0 nitrogen and oxygen atoms in total. The molecule has 0 unspecified atom stereocenters. The molecule has 0 N–H and O–H groups in total. The summed E-state index contributed by atoms with van der Waals surface area (Å²) in [7, 11) is 0. The number of benzene rings is 1. The molecule has 1 aromatic rings. The van der Waals surface area contributed by atoms with E-state index in [0.717, 1.165) is 0 Å². The lowest BCUT2D eigenvalue weighted by atomic mass is 10.1. The molecule has 0 atom stereocenters. The normalized spacial score (nSPS) is 10.0. The molecule has 0 bridgehead atoms. The van der Waals surface area contributed by atoms with Crippen LogP contribution in [0.25, 0.3) is 6.08 Å². The van der Waals surface area contributed by atoms with Gasteiger partial charge in [-0.2, -0.15) is 0 Å². The zero-order chi connectivity index (χ0) is 8.81. The van der Waals surface area contributed by atoms with Gasteiger partial charge < -0.3 is 0 Å².